The molecule has 2 aromatic heterocycles. The first kappa shape index (κ1) is 17.7. The van der Waals surface area contributed by atoms with Crippen LogP contribution in [0.15, 0.2) is 30.7 Å². The second-order valence-corrected chi connectivity index (χ2v) is 6.91. The van der Waals surface area contributed by atoms with Crippen LogP contribution < -0.4 is 16.8 Å². The number of anilines is 3. The molecule has 5 N–H and O–H groups in total. The number of fused-ring (bicyclic) bond motifs is 1. The highest BCUT2D eigenvalue weighted by molar-refractivity contribution is 6.00. The van der Waals surface area contributed by atoms with Gasteiger partial charge >= 0.3 is 0 Å². The van der Waals surface area contributed by atoms with Crippen LogP contribution in [0.2, 0.25) is 0 Å². The molecule has 2 heterocycles. The van der Waals surface area contributed by atoms with Crippen molar-refractivity contribution in [3.8, 4) is 17.2 Å². The number of pyridine rings is 2. The van der Waals surface area contributed by atoms with Gasteiger partial charge in [0.15, 0.2) is 5.82 Å². The van der Waals surface area contributed by atoms with E-state index in [9.17, 15) is 9.18 Å². The van der Waals surface area contributed by atoms with Gasteiger partial charge in [-0.05, 0) is 36.4 Å². The SMILES string of the molecule is Cc1c(N)cncc1-c1cc2cc(NC(=O)[C@@H]3CC3C#N)ncc2c(N)c1F. The summed E-state index contributed by atoms with van der Waals surface area (Å²) in [5, 5.41) is 12.6. The van der Waals surface area contributed by atoms with Crippen molar-refractivity contribution in [1.82, 2.24) is 9.97 Å². The van der Waals surface area contributed by atoms with Crippen molar-refractivity contribution in [3.05, 3.63) is 42.1 Å². The number of nitrogens with one attached hydrogen (secondary N) is 1. The molecule has 1 aromatic carbocycles. The van der Waals surface area contributed by atoms with Crippen molar-refractivity contribution in [2.75, 3.05) is 16.8 Å². The summed E-state index contributed by atoms with van der Waals surface area (Å²) in [5.74, 6) is -1.05. The lowest BCUT2D eigenvalue weighted by Crippen LogP contribution is -2.15. The van der Waals surface area contributed by atoms with Gasteiger partial charge in [0.1, 0.15) is 5.82 Å². The number of carbonyl (C=O) groups is 1. The largest absolute Gasteiger partial charge is 0.397 e. The van der Waals surface area contributed by atoms with Gasteiger partial charge in [0.05, 0.1) is 35.5 Å². The van der Waals surface area contributed by atoms with E-state index in [1.54, 1.807) is 19.1 Å². The molecule has 8 heteroatoms. The molecule has 140 valence electrons. The lowest BCUT2D eigenvalue weighted by Gasteiger charge is -2.13. The van der Waals surface area contributed by atoms with Crippen LogP contribution in [0, 0.1) is 35.9 Å². The molecule has 1 saturated carbocycles. The van der Waals surface area contributed by atoms with Crippen LogP contribution in [0.25, 0.3) is 21.9 Å². The highest BCUT2D eigenvalue weighted by atomic mass is 19.1. The maximum Gasteiger partial charge on any atom is 0.230 e. The van der Waals surface area contributed by atoms with E-state index in [0.29, 0.717) is 39.8 Å². The number of nitrogens with two attached hydrogens (primary N) is 2. The Bertz CT molecular complexity index is 1170. The van der Waals surface area contributed by atoms with Crippen LogP contribution in [0.4, 0.5) is 21.6 Å². The Morgan fingerprint density at radius 2 is 2.07 bits per heavy atom. The molecule has 0 bridgehead atoms. The van der Waals surface area contributed by atoms with Gasteiger partial charge in [0.25, 0.3) is 0 Å². The maximum absolute atomic E-state index is 14.9. The van der Waals surface area contributed by atoms with Gasteiger partial charge in [-0.3, -0.25) is 9.78 Å². The number of hydrogen-bond acceptors (Lipinski definition) is 6. The second kappa shape index (κ2) is 6.46. The standard InChI is InChI=1S/C20H17FN6O/c1-9-14(6-25-8-16(9)23)13-2-10-4-17(26-7-15(10)19(24)18(13)21)27-20(28)12-3-11(12)5-22/h2,4,6-8,11-12H,3,23-24H2,1H3,(H,26,27,28)/t11?,12-/m1/s1. The fourth-order valence-corrected chi connectivity index (χ4v) is 3.22. The number of nitrogens with zero attached hydrogens (tertiary/aromatic N) is 3. The fourth-order valence-electron chi connectivity index (χ4n) is 3.22. The molecule has 0 spiro atoms. The number of nitrogen functional groups attached to an aromatic ring is 2. The van der Waals surface area contributed by atoms with Gasteiger partial charge in [0, 0.05) is 28.9 Å². The third kappa shape index (κ3) is 2.87. The average molecular weight is 376 g/mol. The Hall–Kier alpha value is -3.73. The Morgan fingerprint density at radius 3 is 2.79 bits per heavy atom. The highest BCUT2D eigenvalue weighted by Crippen LogP contribution is 2.39. The average Bonchev–Trinajstić information content (AvgIpc) is 3.47. The van der Waals surface area contributed by atoms with E-state index in [2.05, 4.69) is 21.4 Å². The molecule has 1 fully saturated rings. The lowest BCUT2D eigenvalue weighted by molar-refractivity contribution is -0.117. The van der Waals surface area contributed by atoms with Gasteiger partial charge in [0.2, 0.25) is 5.91 Å². The number of amides is 1. The van der Waals surface area contributed by atoms with Crippen molar-refractivity contribution in [2.45, 2.75) is 13.3 Å². The minimum atomic E-state index is -0.573. The summed E-state index contributed by atoms with van der Waals surface area (Å²) in [4.78, 5) is 20.4. The molecule has 1 aliphatic carbocycles. The van der Waals surface area contributed by atoms with Crippen molar-refractivity contribution in [3.63, 3.8) is 0 Å². The molecule has 4 rings (SSSR count). The summed E-state index contributed by atoms with van der Waals surface area (Å²) < 4.78 is 14.9. The third-order valence-electron chi connectivity index (χ3n) is 5.09. The van der Waals surface area contributed by atoms with E-state index in [0.717, 1.165) is 0 Å². The second-order valence-electron chi connectivity index (χ2n) is 6.91. The van der Waals surface area contributed by atoms with Crippen molar-refractivity contribution < 1.29 is 9.18 Å². The Labute approximate surface area is 160 Å². The molecule has 0 aliphatic heterocycles. The molecular weight excluding hydrogens is 359 g/mol. The summed E-state index contributed by atoms with van der Waals surface area (Å²) in [6.45, 7) is 1.78. The lowest BCUT2D eigenvalue weighted by atomic mass is 9.97. The molecule has 28 heavy (non-hydrogen) atoms. The Balaban J connectivity index is 1.76. The zero-order valence-electron chi connectivity index (χ0n) is 15.0. The molecule has 0 radical (unpaired) electrons. The molecule has 0 saturated heterocycles. The minimum absolute atomic E-state index is 0.0357. The van der Waals surface area contributed by atoms with Crippen LogP contribution in [-0.4, -0.2) is 15.9 Å². The van der Waals surface area contributed by atoms with E-state index in [4.69, 9.17) is 16.7 Å². The van der Waals surface area contributed by atoms with Gasteiger partial charge in [-0.2, -0.15) is 5.26 Å². The quantitative estimate of drug-likeness (QED) is 0.602. The number of rotatable bonds is 3. The first-order chi connectivity index (χ1) is 13.4. The zero-order chi connectivity index (χ0) is 20.0. The van der Waals surface area contributed by atoms with Crippen LogP contribution in [-0.2, 0) is 4.79 Å². The normalized spacial score (nSPS) is 17.9. The fraction of sp³-hybridized carbons (Fsp3) is 0.200. The van der Waals surface area contributed by atoms with E-state index in [1.165, 1.54) is 18.6 Å². The summed E-state index contributed by atoms with van der Waals surface area (Å²) in [7, 11) is 0. The number of aromatic nitrogens is 2. The van der Waals surface area contributed by atoms with Crippen molar-refractivity contribution in [2.24, 2.45) is 11.8 Å². The summed E-state index contributed by atoms with van der Waals surface area (Å²) in [6.07, 6.45) is 5.02. The van der Waals surface area contributed by atoms with Crippen LogP contribution in [0.5, 0.6) is 0 Å². The first-order valence-electron chi connectivity index (χ1n) is 8.69. The van der Waals surface area contributed by atoms with Crippen molar-refractivity contribution in [1.29, 1.82) is 5.26 Å². The number of carbonyl (C=O) groups excluding carboxylic acids is 1. The monoisotopic (exact) mass is 376 g/mol. The number of hydrogen-bond donors (Lipinski definition) is 3. The zero-order valence-corrected chi connectivity index (χ0v) is 15.0. The predicted molar refractivity (Wildman–Crippen MR) is 104 cm³/mol. The van der Waals surface area contributed by atoms with E-state index < -0.39 is 5.82 Å². The molecule has 7 nitrogen and oxygen atoms in total. The molecule has 3 aromatic rings. The van der Waals surface area contributed by atoms with Crippen LogP contribution in [0.1, 0.15) is 12.0 Å². The van der Waals surface area contributed by atoms with E-state index in [1.807, 2.05) is 0 Å². The van der Waals surface area contributed by atoms with Gasteiger partial charge < -0.3 is 16.8 Å². The minimum Gasteiger partial charge on any atom is -0.397 e. The molecule has 2 atom stereocenters. The van der Waals surface area contributed by atoms with Gasteiger partial charge in [-0.1, -0.05) is 0 Å². The number of nitriles is 1. The summed E-state index contributed by atoms with van der Waals surface area (Å²) in [5.41, 5.74) is 13.8. The number of benzene rings is 1. The maximum atomic E-state index is 14.9. The molecular formula is C20H17FN6O. The van der Waals surface area contributed by atoms with E-state index in [-0.39, 0.29) is 29.0 Å². The first-order valence-corrected chi connectivity index (χ1v) is 8.69. The Kier molecular flexibility index (Phi) is 4.08. The molecule has 1 amide bonds. The van der Waals surface area contributed by atoms with E-state index >= 15 is 0 Å². The number of halogens is 1. The van der Waals surface area contributed by atoms with Crippen LogP contribution >= 0.6 is 0 Å². The predicted octanol–water partition coefficient (Wildman–Crippen LogP) is 3.01. The van der Waals surface area contributed by atoms with Crippen LogP contribution in [0.3, 0.4) is 0 Å². The van der Waals surface area contributed by atoms with Gasteiger partial charge in [-0.15, -0.1) is 0 Å². The third-order valence-corrected chi connectivity index (χ3v) is 5.09. The summed E-state index contributed by atoms with van der Waals surface area (Å²) >= 11 is 0. The smallest absolute Gasteiger partial charge is 0.230 e. The van der Waals surface area contributed by atoms with Crippen molar-refractivity contribution >= 4 is 33.9 Å². The molecule has 1 unspecified atom stereocenters. The molecule has 1 aliphatic rings. The Morgan fingerprint density at radius 1 is 1.29 bits per heavy atom. The highest BCUT2D eigenvalue weighted by Gasteiger charge is 2.43. The topological polar surface area (TPSA) is 131 Å². The summed E-state index contributed by atoms with van der Waals surface area (Å²) in [6, 6.07) is 5.35. The van der Waals surface area contributed by atoms with Gasteiger partial charge in [-0.25, -0.2) is 9.37 Å².